The summed E-state index contributed by atoms with van der Waals surface area (Å²) >= 11 is 0. The Bertz CT molecular complexity index is 1010. The van der Waals surface area contributed by atoms with E-state index in [2.05, 4.69) is 19.2 Å². The summed E-state index contributed by atoms with van der Waals surface area (Å²) in [5.74, 6) is -0.0715. The highest BCUT2D eigenvalue weighted by atomic mass is 32.2. The first-order chi connectivity index (χ1) is 13.8. The number of benzene rings is 2. The number of hydrogen-bond acceptors (Lipinski definition) is 5. The summed E-state index contributed by atoms with van der Waals surface area (Å²) in [4.78, 5) is 0.256. The van der Waals surface area contributed by atoms with Crippen LogP contribution in [0.5, 0.6) is 0 Å². The molecular formula is C23H29NO4S. The SMILES string of the molecule is CC(C)CNC[C@@H](O)[C@H](Cc1ccccc1)CS(=O)(=O)c1ccc2occc2c1. The first-order valence-corrected chi connectivity index (χ1v) is 11.6. The summed E-state index contributed by atoms with van der Waals surface area (Å²) in [5, 5.41) is 14.8. The second-order valence-electron chi connectivity index (χ2n) is 7.97. The minimum atomic E-state index is -3.56. The Labute approximate surface area is 172 Å². The fourth-order valence-corrected chi connectivity index (χ4v) is 5.10. The highest BCUT2D eigenvalue weighted by Gasteiger charge is 2.27. The second kappa shape index (κ2) is 9.57. The fourth-order valence-electron chi connectivity index (χ4n) is 3.43. The molecule has 5 nitrogen and oxygen atoms in total. The quantitative estimate of drug-likeness (QED) is 0.528. The molecule has 1 aromatic heterocycles. The topological polar surface area (TPSA) is 79.5 Å². The van der Waals surface area contributed by atoms with Crippen molar-refractivity contribution in [2.24, 2.45) is 11.8 Å². The van der Waals surface area contributed by atoms with E-state index in [1.807, 2.05) is 30.3 Å². The fraction of sp³-hybridized carbons (Fsp3) is 0.391. The molecule has 2 atom stereocenters. The Morgan fingerprint density at radius 3 is 2.52 bits per heavy atom. The molecule has 0 unspecified atom stereocenters. The monoisotopic (exact) mass is 415 g/mol. The van der Waals surface area contributed by atoms with Gasteiger partial charge in [-0.15, -0.1) is 0 Å². The Balaban J connectivity index is 1.79. The van der Waals surface area contributed by atoms with E-state index in [0.29, 0.717) is 24.5 Å². The number of sulfone groups is 1. The van der Waals surface area contributed by atoms with E-state index in [9.17, 15) is 13.5 Å². The number of rotatable bonds is 10. The van der Waals surface area contributed by atoms with Gasteiger partial charge in [-0.1, -0.05) is 44.2 Å². The van der Waals surface area contributed by atoms with E-state index >= 15 is 0 Å². The zero-order chi connectivity index (χ0) is 20.9. The van der Waals surface area contributed by atoms with Gasteiger partial charge in [-0.2, -0.15) is 0 Å². The molecule has 1 heterocycles. The molecule has 0 saturated carbocycles. The van der Waals surface area contributed by atoms with Crippen molar-refractivity contribution in [3.05, 3.63) is 66.4 Å². The summed E-state index contributed by atoms with van der Waals surface area (Å²) in [7, 11) is -3.56. The largest absolute Gasteiger partial charge is 0.464 e. The summed E-state index contributed by atoms with van der Waals surface area (Å²) in [6.07, 6.45) is 1.28. The molecule has 6 heteroatoms. The van der Waals surface area contributed by atoms with Gasteiger partial charge in [0.1, 0.15) is 5.58 Å². The second-order valence-corrected chi connectivity index (χ2v) is 10.0. The van der Waals surface area contributed by atoms with Crippen LogP contribution in [-0.4, -0.2) is 38.5 Å². The Kier molecular flexibility index (Phi) is 7.11. The van der Waals surface area contributed by atoms with Crippen molar-refractivity contribution >= 4 is 20.8 Å². The summed E-state index contributed by atoms with van der Waals surface area (Å²) in [6, 6.07) is 16.3. The summed E-state index contributed by atoms with van der Waals surface area (Å²) in [6.45, 7) is 5.33. The molecule has 2 aromatic carbocycles. The molecular weight excluding hydrogens is 386 g/mol. The molecule has 0 radical (unpaired) electrons. The van der Waals surface area contributed by atoms with Gasteiger partial charge in [0.15, 0.2) is 9.84 Å². The molecule has 0 aliphatic carbocycles. The Morgan fingerprint density at radius 1 is 1.03 bits per heavy atom. The molecule has 0 aliphatic rings. The molecule has 156 valence electrons. The highest BCUT2D eigenvalue weighted by molar-refractivity contribution is 7.91. The first-order valence-electron chi connectivity index (χ1n) is 9.98. The minimum absolute atomic E-state index is 0.115. The van der Waals surface area contributed by atoms with Gasteiger partial charge in [0.2, 0.25) is 0 Å². The molecule has 0 saturated heterocycles. The van der Waals surface area contributed by atoms with Crippen LogP contribution in [0.15, 0.2) is 70.2 Å². The van der Waals surface area contributed by atoms with Crippen molar-refractivity contribution in [3.63, 3.8) is 0 Å². The van der Waals surface area contributed by atoms with E-state index in [1.54, 1.807) is 30.5 Å². The smallest absolute Gasteiger partial charge is 0.178 e. The lowest BCUT2D eigenvalue weighted by atomic mass is 9.95. The van der Waals surface area contributed by atoms with Crippen molar-refractivity contribution in [3.8, 4) is 0 Å². The maximum absolute atomic E-state index is 13.1. The van der Waals surface area contributed by atoms with Gasteiger partial charge in [-0.25, -0.2) is 8.42 Å². The number of fused-ring (bicyclic) bond motifs is 1. The zero-order valence-corrected chi connectivity index (χ0v) is 17.7. The normalized spacial score (nSPS) is 14.3. The van der Waals surface area contributed by atoms with Gasteiger partial charge in [-0.05, 0) is 48.7 Å². The van der Waals surface area contributed by atoms with Gasteiger partial charge in [0, 0.05) is 17.8 Å². The van der Waals surface area contributed by atoms with E-state index in [0.717, 1.165) is 17.5 Å². The van der Waals surface area contributed by atoms with E-state index < -0.39 is 21.9 Å². The lowest BCUT2D eigenvalue weighted by Gasteiger charge is -2.24. The van der Waals surface area contributed by atoms with Gasteiger partial charge in [0.25, 0.3) is 0 Å². The van der Waals surface area contributed by atoms with Crippen molar-refractivity contribution in [1.82, 2.24) is 5.32 Å². The van der Waals surface area contributed by atoms with Crippen LogP contribution in [-0.2, 0) is 16.3 Å². The number of aliphatic hydroxyl groups excluding tert-OH is 1. The third-order valence-electron chi connectivity index (χ3n) is 5.01. The maximum atomic E-state index is 13.1. The number of furan rings is 1. The first kappa shape index (κ1) is 21.6. The molecule has 0 bridgehead atoms. The number of aliphatic hydroxyl groups is 1. The van der Waals surface area contributed by atoms with E-state index in [4.69, 9.17) is 4.42 Å². The predicted molar refractivity (Wildman–Crippen MR) is 116 cm³/mol. The highest BCUT2D eigenvalue weighted by Crippen LogP contribution is 2.24. The Morgan fingerprint density at radius 2 is 1.79 bits per heavy atom. The van der Waals surface area contributed by atoms with Crippen molar-refractivity contribution < 1.29 is 17.9 Å². The van der Waals surface area contributed by atoms with Crippen molar-refractivity contribution in [1.29, 1.82) is 0 Å². The van der Waals surface area contributed by atoms with Crippen LogP contribution < -0.4 is 5.32 Å². The predicted octanol–water partition coefficient (Wildman–Crippen LogP) is 3.67. The molecule has 0 fully saturated rings. The maximum Gasteiger partial charge on any atom is 0.178 e. The zero-order valence-electron chi connectivity index (χ0n) is 16.9. The third kappa shape index (κ3) is 5.92. The molecule has 0 amide bonds. The molecule has 0 spiro atoms. The lowest BCUT2D eigenvalue weighted by Crippen LogP contribution is -2.38. The molecule has 3 aromatic rings. The van der Waals surface area contributed by atoms with Gasteiger partial charge < -0.3 is 14.8 Å². The average Bonchev–Trinajstić information content (AvgIpc) is 3.15. The minimum Gasteiger partial charge on any atom is -0.464 e. The van der Waals surface area contributed by atoms with Crippen LogP contribution in [0.2, 0.25) is 0 Å². The van der Waals surface area contributed by atoms with E-state index in [-0.39, 0.29) is 10.6 Å². The van der Waals surface area contributed by atoms with Crippen molar-refractivity contribution in [2.75, 3.05) is 18.8 Å². The van der Waals surface area contributed by atoms with Crippen LogP contribution in [0.4, 0.5) is 0 Å². The standard InChI is InChI=1S/C23H29NO4S/c1-17(2)14-24-15-22(25)20(12-18-6-4-3-5-7-18)16-29(26,27)21-8-9-23-19(13-21)10-11-28-23/h3-11,13,17,20,22,24-25H,12,14-16H2,1-2H3/t20-,22-/m1/s1. The molecule has 0 aliphatic heterocycles. The number of hydrogen-bond donors (Lipinski definition) is 2. The molecule has 3 rings (SSSR count). The van der Waals surface area contributed by atoms with Gasteiger partial charge >= 0.3 is 0 Å². The van der Waals surface area contributed by atoms with Gasteiger partial charge in [0.05, 0.1) is 23.0 Å². The van der Waals surface area contributed by atoms with Crippen LogP contribution in [0.3, 0.4) is 0 Å². The Hall–Kier alpha value is -2.15. The average molecular weight is 416 g/mol. The van der Waals surface area contributed by atoms with Crippen LogP contribution in [0.25, 0.3) is 11.0 Å². The summed E-state index contributed by atoms with van der Waals surface area (Å²) < 4.78 is 31.5. The third-order valence-corrected chi connectivity index (χ3v) is 6.85. The molecule has 2 N–H and O–H groups in total. The number of nitrogens with one attached hydrogen (secondary N) is 1. The van der Waals surface area contributed by atoms with Gasteiger partial charge in [-0.3, -0.25) is 0 Å². The van der Waals surface area contributed by atoms with Crippen LogP contribution in [0.1, 0.15) is 19.4 Å². The molecule has 29 heavy (non-hydrogen) atoms. The van der Waals surface area contributed by atoms with Crippen LogP contribution in [0, 0.1) is 11.8 Å². The summed E-state index contributed by atoms with van der Waals surface area (Å²) in [5.41, 5.74) is 1.67. The lowest BCUT2D eigenvalue weighted by molar-refractivity contribution is 0.115. The van der Waals surface area contributed by atoms with Crippen LogP contribution >= 0.6 is 0 Å². The van der Waals surface area contributed by atoms with Crippen molar-refractivity contribution in [2.45, 2.75) is 31.3 Å². The van der Waals surface area contributed by atoms with E-state index in [1.165, 1.54) is 0 Å².